The summed E-state index contributed by atoms with van der Waals surface area (Å²) in [5.41, 5.74) is 2.85. The minimum atomic E-state index is 0.0882. The Hall–Kier alpha value is -2.25. The van der Waals surface area contributed by atoms with Gasteiger partial charge in [0.25, 0.3) is 11.8 Å². The number of rotatable bonds is 4. The summed E-state index contributed by atoms with van der Waals surface area (Å²) < 4.78 is 5.32. The van der Waals surface area contributed by atoms with Crippen LogP contribution in [0.3, 0.4) is 0 Å². The minimum Gasteiger partial charge on any atom is -0.378 e. The van der Waals surface area contributed by atoms with Crippen LogP contribution in [0.1, 0.15) is 49.1 Å². The van der Waals surface area contributed by atoms with Gasteiger partial charge in [0.05, 0.1) is 23.9 Å². The Labute approximate surface area is 181 Å². The number of morpholine rings is 1. The highest BCUT2D eigenvalue weighted by Gasteiger charge is 2.26. The molecule has 0 radical (unpaired) electrons. The molecule has 2 aliphatic rings. The second-order valence-corrected chi connectivity index (χ2v) is 9.39. The van der Waals surface area contributed by atoms with Crippen molar-refractivity contribution in [1.82, 2.24) is 14.8 Å². The van der Waals surface area contributed by atoms with E-state index in [1.807, 2.05) is 35.8 Å². The maximum absolute atomic E-state index is 12.8. The molecule has 0 atom stereocenters. The number of hydrogen-bond acceptors (Lipinski definition) is 5. The van der Waals surface area contributed by atoms with Crippen molar-refractivity contribution in [2.24, 2.45) is 5.92 Å². The molecule has 3 heterocycles. The van der Waals surface area contributed by atoms with E-state index in [4.69, 9.17) is 4.74 Å². The second-order valence-electron chi connectivity index (χ2n) is 8.19. The number of ether oxygens (including phenoxy) is 1. The monoisotopic (exact) mass is 427 g/mol. The van der Waals surface area contributed by atoms with E-state index >= 15 is 0 Å². The van der Waals surface area contributed by atoms with Crippen LogP contribution in [0.2, 0.25) is 0 Å². The number of nitrogens with zero attached hydrogens (tertiary/aromatic N) is 3. The number of hydrogen-bond donors (Lipinski definition) is 0. The predicted octanol–water partition coefficient (Wildman–Crippen LogP) is 3.33. The molecule has 0 saturated carbocycles. The van der Waals surface area contributed by atoms with Gasteiger partial charge in [-0.1, -0.05) is 12.1 Å². The summed E-state index contributed by atoms with van der Waals surface area (Å²) in [5.74, 6) is 0.784. The number of likely N-dealkylation sites (tertiary alicyclic amines) is 1. The predicted molar refractivity (Wildman–Crippen MR) is 117 cm³/mol. The van der Waals surface area contributed by atoms with E-state index in [1.165, 1.54) is 16.9 Å². The SMILES string of the molecule is Cc1nc(C)c(C(=O)N2CCC(Cc3ccc(C(=O)N4CCOCC4)cc3)CC2)s1. The quantitative estimate of drug-likeness (QED) is 0.751. The van der Waals surface area contributed by atoms with E-state index < -0.39 is 0 Å². The van der Waals surface area contributed by atoms with E-state index in [-0.39, 0.29) is 11.8 Å². The molecule has 30 heavy (non-hydrogen) atoms. The average molecular weight is 428 g/mol. The summed E-state index contributed by atoms with van der Waals surface area (Å²) in [6, 6.07) is 8.05. The van der Waals surface area contributed by atoms with E-state index in [0.29, 0.717) is 32.2 Å². The van der Waals surface area contributed by atoms with Crippen molar-refractivity contribution in [3.8, 4) is 0 Å². The smallest absolute Gasteiger partial charge is 0.265 e. The van der Waals surface area contributed by atoms with Crippen LogP contribution in [0, 0.1) is 19.8 Å². The zero-order chi connectivity index (χ0) is 21.1. The molecule has 0 spiro atoms. The first kappa shape index (κ1) is 21.0. The number of benzene rings is 1. The summed E-state index contributed by atoms with van der Waals surface area (Å²) >= 11 is 1.49. The fraction of sp³-hybridized carbons (Fsp3) is 0.522. The molecule has 1 aromatic heterocycles. The number of carbonyl (C=O) groups is 2. The molecule has 0 aliphatic carbocycles. The molecule has 0 N–H and O–H groups in total. The van der Waals surface area contributed by atoms with E-state index in [2.05, 4.69) is 17.1 Å². The Bertz CT molecular complexity index is 895. The average Bonchev–Trinajstić information content (AvgIpc) is 3.12. The van der Waals surface area contributed by atoms with E-state index in [1.54, 1.807) is 0 Å². The molecule has 2 amide bonds. The van der Waals surface area contributed by atoms with E-state index in [9.17, 15) is 9.59 Å². The van der Waals surface area contributed by atoms with Crippen molar-refractivity contribution in [2.75, 3.05) is 39.4 Å². The number of amides is 2. The van der Waals surface area contributed by atoms with Crippen LogP contribution in [0.4, 0.5) is 0 Å². The van der Waals surface area contributed by atoms with Crippen LogP contribution in [-0.2, 0) is 11.2 Å². The number of aryl methyl sites for hydroxylation is 2. The van der Waals surface area contributed by atoms with E-state index in [0.717, 1.165) is 53.5 Å². The van der Waals surface area contributed by atoms with Gasteiger partial charge in [0.2, 0.25) is 0 Å². The highest BCUT2D eigenvalue weighted by molar-refractivity contribution is 7.13. The fourth-order valence-electron chi connectivity index (χ4n) is 4.28. The topological polar surface area (TPSA) is 62.7 Å². The summed E-state index contributed by atoms with van der Waals surface area (Å²) in [5, 5.41) is 0.946. The van der Waals surface area contributed by atoms with Gasteiger partial charge in [0, 0.05) is 31.7 Å². The van der Waals surface area contributed by atoms with Gasteiger partial charge < -0.3 is 14.5 Å². The number of thiazole rings is 1. The summed E-state index contributed by atoms with van der Waals surface area (Å²) in [7, 11) is 0. The van der Waals surface area contributed by atoms with Crippen LogP contribution in [0.25, 0.3) is 0 Å². The molecular weight excluding hydrogens is 398 g/mol. The third-order valence-electron chi connectivity index (χ3n) is 6.02. The van der Waals surface area contributed by atoms with Gasteiger partial charge in [0.1, 0.15) is 4.88 Å². The summed E-state index contributed by atoms with van der Waals surface area (Å²) in [6.45, 7) is 8.02. The molecule has 2 aromatic rings. The molecule has 0 unspecified atom stereocenters. The van der Waals surface area contributed by atoms with Crippen molar-refractivity contribution < 1.29 is 14.3 Å². The van der Waals surface area contributed by atoms with Crippen molar-refractivity contribution >= 4 is 23.2 Å². The normalized spacial score (nSPS) is 17.9. The minimum absolute atomic E-state index is 0.0882. The highest BCUT2D eigenvalue weighted by Crippen LogP contribution is 2.26. The highest BCUT2D eigenvalue weighted by atomic mass is 32.1. The lowest BCUT2D eigenvalue weighted by Crippen LogP contribution is -2.40. The lowest BCUT2D eigenvalue weighted by molar-refractivity contribution is 0.0303. The van der Waals surface area contributed by atoms with Crippen molar-refractivity contribution in [3.63, 3.8) is 0 Å². The third kappa shape index (κ3) is 4.73. The molecule has 7 heteroatoms. The Balaban J connectivity index is 1.29. The third-order valence-corrected chi connectivity index (χ3v) is 7.08. The molecule has 2 aliphatic heterocycles. The summed E-state index contributed by atoms with van der Waals surface area (Å²) in [6.07, 6.45) is 3.01. The molecule has 6 nitrogen and oxygen atoms in total. The van der Waals surface area contributed by atoms with Crippen molar-refractivity contribution in [1.29, 1.82) is 0 Å². The van der Waals surface area contributed by atoms with Crippen molar-refractivity contribution in [2.45, 2.75) is 33.1 Å². The van der Waals surface area contributed by atoms with Gasteiger partial charge in [-0.3, -0.25) is 9.59 Å². The van der Waals surface area contributed by atoms with Crippen molar-refractivity contribution in [3.05, 3.63) is 51.0 Å². The van der Waals surface area contributed by atoms with Gasteiger partial charge in [-0.15, -0.1) is 11.3 Å². The van der Waals surface area contributed by atoms with Gasteiger partial charge in [-0.2, -0.15) is 0 Å². The second kappa shape index (κ2) is 9.27. The van der Waals surface area contributed by atoms with Crippen LogP contribution >= 0.6 is 11.3 Å². The molecule has 2 saturated heterocycles. The zero-order valence-electron chi connectivity index (χ0n) is 17.7. The Morgan fingerprint density at radius 2 is 1.63 bits per heavy atom. The summed E-state index contributed by atoms with van der Waals surface area (Å²) in [4.78, 5) is 34.4. The van der Waals surface area contributed by atoms with Crippen LogP contribution in [0.5, 0.6) is 0 Å². The Morgan fingerprint density at radius 3 is 2.23 bits per heavy atom. The Morgan fingerprint density at radius 1 is 1.00 bits per heavy atom. The number of aromatic nitrogens is 1. The molecule has 4 rings (SSSR count). The van der Waals surface area contributed by atoms with Gasteiger partial charge in [-0.05, 0) is 56.7 Å². The largest absolute Gasteiger partial charge is 0.378 e. The first-order chi connectivity index (χ1) is 14.5. The first-order valence-corrected chi connectivity index (χ1v) is 11.5. The van der Waals surface area contributed by atoms with Gasteiger partial charge in [0.15, 0.2) is 0 Å². The van der Waals surface area contributed by atoms with Crippen LogP contribution in [-0.4, -0.2) is 66.0 Å². The molecule has 1 aromatic carbocycles. The van der Waals surface area contributed by atoms with Gasteiger partial charge >= 0.3 is 0 Å². The maximum atomic E-state index is 12.8. The number of piperidine rings is 1. The standard InChI is InChI=1S/C23H29N3O3S/c1-16-21(30-17(2)24-16)23(28)25-9-7-19(8-10-25)15-18-3-5-20(6-4-18)22(27)26-11-13-29-14-12-26/h3-6,19H,7-15H2,1-2H3. The fourth-order valence-corrected chi connectivity index (χ4v) is 5.17. The molecule has 2 fully saturated rings. The number of carbonyl (C=O) groups excluding carboxylic acids is 2. The maximum Gasteiger partial charge on any atom is 0.265 e. The zero-order valence-corrected chi connectivity index (χ0v) is 18.5. The molecular formula is C23H29N3O3S. The Kier molecular flexibility index (Phi) is 6.49. The lowest BCUT2D eigenvalue weighted by atomic mass is 9.90. The van der Waals surface area contributed by atoms with Gasteiger partial charge in [-0.25, -0.2) is 4.98 Å². The molecule has 160 valence electrons. The van der Waals surface area contributed by atoms with Crippen LogP contribution in [0.15, 0.2) is 24.3 Å². The first-order valence-electron chi connectivity index (χ1n) is 10.7. The van der Waals surface area contributed by atoms with Crippen LogP contribution < -0.4 is 0 Å². The lowest BCUT2D eigenvalue weighted by Gasteiger charge is -2.32. The molecule has 0 bridgehead atoms.